The van der Waals surface area contributed by atoms with Crippen molar-refractivity contribution in [1.29, 1.82) is 0 Å². The third-order valence-corrected chi connectivity index (χ3v) is 5.90. The van der Waals surface area contributed by atoms with Crippen LogP contribution in [-0.4, -0.2) is 24.8 Å². The fourth-order valence-electron chi connectivity index (χ4n) is 4.31. The van der Waals surface area contributed by atoms with Crippen molar-refractivity contribution >= 4 is 29.1 Å². The Bertz CT molecular complexity index is 954. The summed E-state index contributed by atoms with van der Waals surface area (Å²) in [6.07, 6.45) is 2.48. The number of carbonyl (C=O) groups is 3. The molecule has 2 aliphatic rings. The first-order valence-corrected chi connectivity index (χ1v) is 9.91. The molecule has 1 aliphatic heterocycles. The van der Waals surface area contributed by atoms with E-state index in [1.807, 2.05) is 0 Å². The molecule has 0 bridgehead atoms. The van der Waals surface area contributed by atoms with E-state index in [-0.39, 0.29) is 29.6 Å². The molecule has 6 heteroatoms. The number of benzene rings is 2. The van der Waals surface area contributed by atoms with Crippen molar-refractivity contribution in [3.05, 3.63) is 54.1 Å². The van der Waals surface area contributed by atoms with Gasteiger partial charge in [-0.3, -0.25) is 19.3 Å². The molecular weight excluding hydrogens is 368 g/mol. The van der Waals surface area contributed by atoms with Crippen LogP contribution in [0.4, 0.5) is 11.4 Å². The molecule has 0 unspecified atom stereocenters. The highest BCUT2D eigenvalue weighted by Gasteiger charge is 2.50. The Hall–Kier alpha value is -3.15. The van der Waals surface area contributed by atoms with E-state index in [2.05, 4.69) is 12.2 Å². The number of rotatable bonds is 4. The predicted octanol–water partition coefficient (Wildman–Crippen LogP) is 3.87. The van der Waals surface area contributed by atoms with E-state index >= 15 is 0 Å². The zero-order valence-corrected chi connectivity index (χ0v) is 16.6. The summed E-state index contributed by atoms with van der Waals surface area (Å²) in [4.78, 5) is 39.7. The van der Waals surface area contributed by atoms with Crippen LogP contribution in [0, 0.1) is 17.8 Å². The molecule has 2 aromatic rings. The summed E-state index contributed by atoms with van der Waals surface area (Å²) < 4.78 is 5.12. The van der Waals surface area contributed by atoms with Crippen LogP contribution >= 0.6 is 0 Å². The van der Waals surface area contributed by atoms with Crippen molar-refractivity contribution in [3.8, 4) is 5.75 Å². The molecule has 29 heavy (non-hydrogen) atoms. The topological polar surface area (TPSA) is 75.7 Å². The van der Waals surface area contributed by atoms with Gasteiger partial charge in [0.2, 0.25) is 11.8 Å². The summed E-state index contributed by atoms with van der Waals surface area (Å²) in [5.74, 6) is 0.112. The van der Waals surface area contributed by atoms with E-state index in [0.29, 0.717) is 28.6 Å². The summed E-state index contributed by atoms with van der Waals surface area (Å²) in [5.41, 5.74) is 1.49. The van der Waals surface area contributed by atoms with Crippen molar-refractivity contribution < 1.29 is 19.1 Å². The number of fused-ring (bicyclic) bond motifs is 1. The molecule has 1 aliphatic carbocycles. The number of anilines is 2. The lowest BCUT2D eigenvalue weighted by atomic mass is 9.76. The van der Waals surface area contributed by atoms with Crippen LogP contribution < -0.4 is 15.0 Å². The Kier molecular flexibility index (Phi) is 5.09. The van der Waals surface area contributed by atoms with Crippen LogP contribution in [0.1, 0.15) is 36.5 Å². The first-order chi connectivity index (χ1) is 14.0. The molecule has 1 saturated carbocycles. The van der Waals surface area contributed by atoms with E-state index < -0.39 is 0 Å². The minimum atomic E-state index is -0.304. The van der Waals surface area contributed by atoms with Gasteiger partial charge in [-0.15, -0.1) is 0 Å². The average Bonchev–Trinajstić information content (AvgIpc) is 2.98. The van der Waals surface area contributed by atoms with Gasteiger partial charge in [0.05, 0.1) is 24.6 Å². The minimum absolute atomic E-state index is 0.139. The van der Waals surface area contributed by atoms with Gasteiger partial charge in [0.15, 0.2) is 0 Å². The molecule has 1 heterocycles. The Morgan fingerprint density at radius 1 is 1.03 bits per heavy atom. The quantitative estimate of drug-likeness (QED) is 0.802. The lowest BCUT2D eigenvalue weighted by Gasteiger charge is -2.25. The van der Waals surface area contributed by atoms with E-state index in [4.69, 9.17) is 4.74 Å². The van der Waals surface area contributed by atoms with Crippen LogP contribution in [0.3, 0.4) is 0 Å². The van der Waals surface area contributed by atoms with Gasteiger partial charge in [0, 0.05) is 11.3 Å². The number of imide groups is 1. The second kappa shape index (κ2) is 7.70. The summed E-state index contributed by atoms with van der Waals surface area (Å²) in [7, 11) is 1.58. The average molecular weight is 392 g/mol. The molecule has 4 rings (SSSR count). The van der Waals surface area contributed by atoms with Crippen molar-refractivity contribution in [3.63, 3.8) is 0 Å². The van der Waals surface area contributed by atoms with Crippen LogP contribution in [0.2, 0.25) is 0 Å². The zero-order chi connectivity index (χ0) is 20.5. The number of carbonyl (C=O) groups excluding carboxylic acids is 3. The summed E-state index contributed by atoms with van der Waals surface area (Å²) in [6.45, 7) is 2.13. The summed E-state index contributed by atoms with van der Waals surface area (Å²) in [6, 6.07) is 13.7. The molecule has 0 radical (unpaired) electrons. The van der Waals surface area contributed by atoms with Crippen molar-refractivity contribution in [2.45, 2.75) is 26.2 Å². The van der Waals surface area contributed by atoms with Gasteiger partial charge in [-0.1, -0.05) is 13.0 Å². The van der Waals surface area contributed by atoms with Gasteiger partial charge >= 0.3 is 0 Å². The van der Waals surface area contributed by atoms with Gasteiger partial charge < -0.3 is 10.1 Å². The number of hydrogen-bond acceptors (Lipinski definition) is 4. The second-order valence-electron chi connectivity index (χ2n) is 7.88. The lowest BCUT2D eigenvalue weighted by molar-refractivity contribution is -0.122. The Morgan fingerprint density at radius 2 is 1.76 bits per heavy atom. The standard InChI is InChI=1S/C23H24N2O4/c1-14-6-11-19-20(12-14)23(28)25(22(19)27)17-5-3-4-15(13-17)21(26)24-16-7-9-18(29-2)10-8-16/h3-5,7-10,13-14,19-20H,6,11-12H2,1-2H3,(H,24,26)/t14-,19-,20+/m1/s1. The molecule has 2 aromatic carbocycles. The van der Waals surface area contributed by atoms with Crippen molar-refractivity contribution in [2.24, 2.45) is 17.8 Å². The monoisotopic (exact) mass is 392 g/mol. The third kappa shape index (κ3) is 3.62. The maximum absolute atomic E-state index is 12.9. The maximum Gasteiger partial charge on any atom is 0.255 e. The Balaban J connectivity index is 1.54. The SMILES string of the molecule is COc1ccc(NC(=O)c2cccc(N3C(=O)[C@H]4C[C@H](C)CC[C@H]4C3=O)c2)cc1. The summed E-state index contributed by atoms with van der Waals surface area (Å²) in [5, 5.41) is 2.82. The van der Waals surface area contributed by atoms with E-state index in [0.717, 1.165) is 19.3 Å². The minimum Gasteiger partial charge on any atom is -0.497 e. The maximum atomic E-state index is 12.9. The van der Waals surface area contributed by atoms with Gasteiger partial charge in [0.25, 0.3) is 5.91 Å². The predicted molar refractivity (Wildman–Crippen MR) is 110 cm³/mol. The van der Waals surface area contributed by atoms with E-state index in [9.17, 15) is 14.4 Å². The van der Waals surface area contributed by atoms with Gasteiger partial charge in [-0.05, 0) is 67.6 Å². The number of amides is 3. The zero-order valence-electron chi connectivity index (χ0n) is 16.6. The highest BCUT2D eigenvalue weighted by molar-refractivity contribution is 6.22. The number of nitrogens with zero attached hydrogens (tertiary/aromatic N) is 1. The normalized spacial score (nSPS) is 23.7. The van der Waals surface area contributed by atoms with Crippen molar-refractivity contribution in [2.75, 3.05) is 17.3 Å². The molecule has 0 aromatic heterocycles. The van der Waals surface area contributed by atoms with Gasteiger partial charge in [-0.2, -0.15) is 0 Å². The van der Waals surface area contributed by atoms with Crippen LogP contribution in [0.25, 0.3) is 0 Å². The number of ether oxygens (including phenoxy) is 1. The number of hydrogen-bond donors (Lipinski definition) is 1. The molecule has 2 fully saturated rings. The molecule has 1 N–H and O–H groups in total. The fourth-order valence-corrected chi connectivity index (χ4v) is 4.31. The fraction of sp³-hybridized carbons (Fsp3) is 0.348. The first-order valence-electron chi connectivity index (χ1n) is 9.91. The molecule has 6 nitrogen and oxygen atoms in total. The highest BCUT2D eigenvalue weighted by atomic mass is 16.5. The molecule has 3 atom stereocenters. The van der Waals surface area contributed by atoms with Gasteiger partial charge in [-0.25, -0.2) is 0 Å². The van der Waals surface area contributed by atoms with Crippen LogP contribution in [0.15, 0.2) is 48.5 Å². The van der Waals surface area contributed by atoms with Crippen LogP contribution in [-0.2, 0) is 9.59 Å². The Morgan fingerprint density at radius 3 is 2.48 bits per heavy atom. The highest BCUT2D eigenvalue weighted by Crippen LogP contribution is 2.42. The molecule has 1 saturated heterocycles. The van der Waals surface area contributed by atoms with Gasteiger partial charge in [0.1, 0.15) is 5.75 Å². The smallest absolute Gasteiger partial charge is 0.255 e. The number of nitrogens with one attached hydrogen (secondary N) is 1. The molecule has 0 spiro atoms. The lowest BCUT2D eigenvalue weighted by Crippen LogP contribution is -2.31. The molecule has 150 valence electrons. The van der Waals surface area contributed by atoms with Crippen LogP contribution in [0.5, 0.6) is 5.75 Å². The molecular formula is C23H24N2O4. The largest absolute Gasteiger partial charge is 0.497 e. The third-order valence-electron chi connectivity index (χ3n) is 5.90. The Labute approximate surface area is 169 Å². The van der Waals surface area contributed by atoms with Crippen molar-refractivity contribution in [1.82, 2.24) is 0 Å². The number of methoxy groups -OCH3 is 1. The van der Waals surface area contributed by atoms with E-state index in [1.54, 1.807) is 55.6 Å². The second-order valence-corrected chi connectivity index (χ2v) is 7.88. The first kappa shape index (κ1) is 19.2. The summed E-state index contributed by atoms with van der Waals surface area (Å²) >= 11 is 0. The van der Waals surface area contributed by atoms with E-state index in [1.165, 1.54) is 4.90 Å². The molecule has 3 amide bonds.